The molecule has 0 aliphatic carbocycles. The predicted molar refractivity (Wildman–Crippen MR) is 584 cm³/mol. The Kier molecular flexibility index (Phi) is 34.1. The van der Waals surface area contributed by atoms with Crippen LogP contribution >= 0.6 is 0 Å². The zero-order chi connectivity index (χ0) is 95.5. The molecule has 140 heavy (non-hydrogen) atoms. The molecule has 13 aliphatic heterocycles. The van der Waals surface area contributed by atoms with Crippen molar-refractivity contribution in [2.24, 2.45) is 0 Å². The van der Waals surface area contributed by atoms with Crippen LogP contribution in [-0.2, 0) is 45.4 Å². The van der Waals surface area contributed by atoms with E-state index >= 15 is 0 Å². The Bertz CT molecular complexity index is 5820. The zero-order valence-electron chi connectivity index (χ0n) is 79.6. The standard InChI is InChI=1S/C128H120N4O8/c1-5-97-37-77-125(78-38-97)137-89-13-9-85-133-93-105-29-61-117(62-30-105)129-113-53-21-101(22-54-113)17-18-102-23-55-114(56-24-102)131(119-65-33-107(34-66-119)95-135-87-11-15-91-139-127-81-41-99(7-3)42-82-127)123-73-49-111(50-74-123)112-51-75-124(76-52-112)132(120-67-35-108(36-68-120)96-136-88-12-16-92-140-128-83-43-100(8-4)44-84-128)116-59-27-104(28-60-116)20-19-103-25-57-115(58-26-103)130(122-71-47-110(48-72-122)109-45-69-121(129)70-46-109)118-63-31-106(32-64-118)94-134-86-10-14-90-138-126-79-39-98(6-2)40-80-126/h5-8,17-84H,1-4,9-16,85-96H2. The molecule has 0 N–H and O–H groups in total. The number of benzene rings is 16. The molecule has 13 aliphatic rings. The fraction of sp³-hybridized carbons (Fsp3) is 0.156. The average molecular weight is 1840 g/mol. The fourth-order valence-corrected chi connectivity index (χ4v) is 16.8. The van der Waals surface area contributed by atoms with Gasteiger partial charge in [-0.15, -0.1) is 0 Å². The molecule has 16 aromatic carbocycles. The van der Waals surface area contributed by atoms with Crippen LogP contribution in [0.1, 0.15) is 118 Å². The number of ether oxygens (including phenoxy) is 8. The molecule has 12 heteroatoms. The molecule has 0 saturated carbocycles. The van der Waals surface area contributed by atoms with E-state index in [1.807, 2.05) is 121 Å². The Balaban J connectivity index is 0.648. The number of hydrogen-bond acceptors (Lipinski definition) is 12. The third kappa shape index (κ3) is 26.9. The van der Waals surface area contributed by atoms with Gasteiger partial charge in [0.1, 0.15) is 23.0 Å². The van der Waals surface area contributed by atoms with Crippen molar-refractivity contribution in [3.05, 3.63) is 481 Å². The number of unbranched alkanes of at least 4 members (excludes halogenated alkanes) is 4. The summed E-state index contributed by atoms with van der Waals surface area (Å²) in [4.78, 5) is 9.30. The van der Waals surface area contributed by atoms with Crippen molar-refractivity contribution in [2.75, 3.05) is 72.5 Å². The molecule has 16 bridgehead atoms. The summed E-state index contributed by atoms with van der Waals surface area (Å²) in [5.74, 6) is 3.45. The van der Waals surface area contributed by atoms with Crippen LogP contribution in [0.4, 0.5) is 68.2 Å². The molecular formula is C128H120N4O8. The highest BCUT2D eigenvalue weighted by atomic mass is 16.5. The van der Waals surface area contributed by atoms with E-state index in [-0.39, 0.29) is 0 Å². The molecular weight excluding hydrogens is 1720 g/mol. The first kappa shape index (κ1) is 95.9. The summed E-state index contributed by atoms with van der Waals surface area (Å²) in [6.45, 7) is 22.6. The van der Waals surface area contributed by atoms with Crippen LogP contribution in [0.2, 0.25) is 0 Å². The Labute approximate surface area is 826 Å². The van der Waals surface area contributed by atoms with Gasteiger partial charge >= 0.3 is 0 Å². The molecule has 0 aromatic heterocycles. The van der Waals surface area contributed by atoms with Crippen LogP contribution < -0.4 is 38.5 Å². The second-order valence-corrected chi connectivity index (χ2v) is 34.8. The smallest absolute Gasteiger partial charge is 0.119 e. The van der Waals surface area contributed by atoms with Gasteiger partial charge in [0.2, 0.25) is 0 Å². The van der Waals surface area contributed by atoms with Gasteiger partial charge in [-0.25, -0.2) is 0 Å². The molecule has 700 valence electrons. The Morgan fingerprint density at radius 1 is 0.164 bits per heavy atom. The van der Waals surface area contributed by atoms with Gasteiger partial charge in [-0.3, -0.25) is 0 Å². The van der Waals surface area contributed by atoms with Gasteiger partial charge in [-0.2, -0.15) is 0 Å². The van der Waals surface area contributed by atoms with E-state index in [4.69, 9.17) is 37.9 Å². The maximum Gasteiger partial charge on any atom is 0.119 e. The first-order valence-corrected chi connectivity index (χ1v) is 48.6. The molecule has 0 spiro atoms. The minimum absolute atomic E-state index is 0.510. The Morgan fingerprint density at radius 2 is 0.314 bits per heavy atom. The minimum atomic E-state index is 0.510. The second kappa shape index (κ2) is 49.8. The Morgan fingerprint density at radius 3 is 0.479 bits per heavy atom. The van der Waals surface area contributed by atoms with Crippen molar-refractivity contribution in [3.8, 4) is 45.3 Å². The van der Waals surface area contributed by atoms with Crippen LogP contribution in [0, 0.1) is 0 Å². The number of nitrogens with zero attached hydrogens (tertiary/aromatic N) is 4. The SMILES string of the molecule is C=Cc1ccc(OCCCCOCc2ccc(N3c4ccc(cc4)C=Cc4ccc(cc4)N(c4ccc(COCCCCOc5ccc(C=C)cc5)cc4)c4ccc(cc4)-c4ccc(cc4)N(c4ccc(COCCCCOc5ccc(C=C)cc5)cc4)c4ccc(cc4)C=Cc4ccc(cc4)N(c4ccc(COCCCCOc5ccc(C=C)cc5)cc4)c4ccc(cc4)-c4ccc3cc4)cc2)cc1. The lowest BCUT2D eigenvalue weighted by atomic mass is 10.0. The molecule has 29 rings (SSSR count). The highest BCUT2D eigenvalue weighted by Crippen LogP contribution is 2.43. The lowest BCUT2D eigenvalue weighted by molar-refractivity contribution is 0.113. The van der Waals surface area contributed by atoms with Crippen molar-refractivity contribution in [1.82, 2.24) is 0 Å². The van der Waals surface area contributed by atoms with Crippen LogP contribution in [0.15, 0.2) is 415 Å². The van der Waals surface area contributed by atoms with Gasteiger partial charge in [0.05, 0.1) is 52.9 Å². The predicted octanol–water partition coefficient (Wildman–Crippen LogP) is 33.6. The third-order valence-electron chi connectivity index (χ3n) is 24.8. The summed E-state index contributed by atoms with van der Waals surface area (Å²) in [7, 11) is 0. The molecule has 16 aromatic rings. The highest BCUT2D eigenvalue weighted by molar-refractivity contribution is 5.86. The normalized spacial score (nSPS) is 11.8. The van der Waals surface area contributed by atoms with Crippen molar-refractivity contribution in [2.45, 2.75) is 77.8 Å². The highest BCUT2D eigenvalue weighted by Gasteiger charge is 2.21. The second-order valence-electron chi connectivity index (χ2n) is 34.8. The maximum absolute atomic E-state index is 6.25. The topological polar surface area (TPSA) is 86.8 Å². The van der Waals surface area contributed by atoms with E-state index < -0.39 is 0 Å². The van der Waals surface area contributed by atoms with Gasteiger partial charge in [-0.1, -0.05) is 269 Å². The zero-order valence-corrected chi connectivity index (χ0v) is 79.6. The molecule has 13 heterocycles. The summed E-state index contributed by atoms with van der Waals surface area (Å²) in [6, 6.07) is 138. The van der Waals surface area contributed by atoms with Crippen LogP contribution in [-0.4, -0.2) is 52.9 Å². The number of rotatable bonds is 40. The van der Waals surface area contributed by atoms with Gasteiger partial charge in [0.15, 0.2) is 0 Å². The third-order valence-corrected chi connectivity index (χ3v) is 24.8. The number of hydrogen-bond donors (Lipinski definition) is 0. The van der Waals surface area contributed by atoms with E-state index in [9.17, 15) is 0 Å². The average Bonchev–Trinajstić information content (AvgIpc) is 0.797. The minimum Gasteiger partial charge on any atom is -0.494 e. The van der Waals surface area contributed by atoms with E-state index in [1.54, 1.807) is 0 Å². The van der Waals surface area contributed by atoms with E-state index in [0.717, 1.165) is 232 Å². The molecule has 0 amide bonds. The largest absolute Gasteiger partial charge is 0.494 e. The maximum atomic E-state index is 6.25. The van der Waals surface area contributed by atoms with Crippen molar-refractivity contribution in [3.63, 3.8) is 0 Å². The summed E-state index contributed by atoms with van der Waals surface area (Å²) in [5, 5.41) is 0. The summed E-state index contributed by atoms with van der Waals surface area (Å²) >= 11 is 0. The van der Waals surface area contributed by atoms with Crippen LogP contribution in [0.5, 0.6) is 23.0 Å². The molecule has 0 saturated heterocycles. The van der Waals surface area contributed by atoms with E-state index in [0.29, 0.717) is 79.3 Å². The van der Waals surface area contributed by atoms with Crippen LogP contribution in [0.25, 0.3) is 70.9 Å². The van der Waals surface area contributed by atoms with Gasteiger partial charge in [-0.05, 0) is 335 Å². The van der Waals surface area contributed by atoms with Crippen molar-refractivity contribution in [1.29, 1.82) is 0 Å². The van der Waals surface area contributed by atoms with Crippen molar-refractivity contribution < 1.29 is 37.9 Å². The Hall–Kier alpha value is -15.8. The molecule has 0 atom stereocenters. The van der Waals surface area contributed by atoms with Gasteiger partial charge < -0.3 is 57.5 Å². The molecule has 0 unspecified atom stereocenters. The quantitative estimate of drug-likeness (QED) is 0.0343. The lowest BCUT2D eigenvalue weighted by Gasteiger charge is -2.27. The molecule has 0 fully saturated rings. The monoisotopic (exact) mass is 1840 g/mol. The van der Waals surface area contributed by atoms with E-state index in [1.165, 1.54) is 0 Å². The molecule has 12 nitrogen and oxygen atoms in total. The van der Waals surface area contributed by atoms with Gasteiger partial charge in [0.25, 0.3) is 0 Å². The van der Waals surface area contributed by atoms with E-state index in [2.05, 4.69) is 361 Å². The first-order valence-electron chi connectivity index (χ1n) is 48.6. The molecule has 0 radical (unpaired) electrons. The fourth-order valence-electron chi connectivity index (χ4n) is 16.8. The number of anilines is 12. The van der Waals surface area contributed by atoms with Gasteiger partial charge in [0, 0.05) is 94.7 Å². The summed E-state index contributed by atoms with van der Waals surface area (Å²) < 4.78 is 49.0. The van der Waals surface area contributed by atoms with Crippen LogP contribution in [0.3, 0.4) is 0 Å². The summed E-state index contributed by atoms with van der Waals surface area (Å²) in [6.07, 6.45) is 23.3. The summed E-state index contributed by atoms with van der Waals surface area (Å²) in [5.41, 5.74) is 29.7. The van der Waals surface area contributed by atoms with Crippen molar-refractivity contribution >= 4 is 117 Å². The lowest BCUT2D eigenvalue weighted by Crippen LogP contribution is -2.10. The first-order chi connectivity index (χ1) is 69.2.